The van der Waals surface area contributed by atoms with Crippen LogP contribution in [0, 0.1) is 0 Å². The zero-order valence-electron chi connectivity index (χ0n) is 14.0. The maximum absolute atomic E-state index is 12.0. The largest absolute Gasteiger partial charge is 0.478 e. The van der Waals surface area contributed by atoms with E-state index < -0.39 is 19.7 Å². The first-order chi connectivity index (χ1) is 10.2. The van der Waals surface area contributed by atoms with E-state index in [0.717, 1.165) is 29.9 Å². The van der Waals surface area contributed by atoms with E-state index in [4.69, 9.17) is 9.84 Å². The number of hydrogen-bond acceptors (Lipinski definition) is 4. The van der Waals surface area contributed by atoms with Crippen LogP contribution >= 0.6 is 7.80 Å². The van der Waals surface area contributed by atoms with Crippen molar-refractivity contribution in [3.63, 3.8) is 0 Å². The summed E-state index contributed by atoms with van der Waals surface area (Å²) in [6.07, 6.45) is 3.52. The van der Waals surface area contributed by atoms with Crippen LogP contribution in [-0.2, 0) is 18.9 Å². The highest BCUT2D eigenvalue weighted by atomic mass is 31.1. The molecule has 0 aliphatic rings. The molecule has 0 saturated heterocycles. The van der Waals surface area contributed by atoms with Crippen LogP contribution in [0.2, 0.25) is 0 Å². The van der Waals surface area contributed by atoms with E-state index in [2.05, 4.69) is 0 Å². The van der Waals surface area contributed by atoms with Gasteiger partial charge in [0.15, 0.2) is 12.3 Å². The number of nitrogens with zero attached hydrogens (tertiary/aromatic N) is 1. The average Bonchev–Trinajstić information content (AvgIpc) is 2.40. The molecule has 0 aromatic heterocycles. The molecule has 1 N–H and O–H groups in total. The molecule has 22 heavy (non-hydrogen) atoms. The summed E-state index contributed by atoms with van der Waals surface area (Å²) in [6.45, 7) is 3.02. The third-order valence-corrected chi connectivity index (χ3v) is 4.36. The van der Waals surface area contributed by atoms with Gasteiger partial charge in [0.1, 0.15) is 6.54 Å². The third-order valence-electron chi connectivity index (χ3n) is 2.94. The summed E-state index contributed by atoms with van der Waals surface area (Å²) in [5.41, 5.74) is 0.0807. The number of hydrogen-bond donors (Lipinski definition) is 1. The van der Waals surface area contributed by atoms with Gasteiger partial charge < -0.3 is 14.3 Å². The number of carboxylic acid groups (broad SMARTS) is 1. The highest BCUT2D eigenvalue weighted by molar-refractivity contribution is 7.44. The molecule has 0 aliphatic heterocycles. The van der Waals surface area contributed by atoms with Gasteiger partial charge in [-0.15, -0.1) is 0 Å². The molecule has 0 fully saturated rings. The van der Waals surface area contributed by atoms with E-state index in [1.165, 1.54) is 0 Å². The Morgan fingerprint density at radius 2 is 1.86 bits per heavy atom. The Kier molecular flexibility index (Phi) is 9.86. The van der Waals surface area contributed by atoms with Crippen molar-refractivity contribution in [3.05, 3.63) is 11.6 Å². The highest BCUT2D eigenvalue weighted by Crippen LogP contribution is 2.24. The van der Waals surface area contributed by atoms with Crippen LogP contribution in [0.25, 0.3) is 0 Å². The summed E-state index contributed by atoms with van der Waals surface area (Å²) in [4.78, 5) is 22.6. The fraction of sp³-hybridized carbons (Fsp3) is 0.733. The zero-order valence-corrected chi connectivity index (χ0v) is 14.9. The van der Waals surface area contributed by atoms with E-state index in [0.29, 0.717) is 12.3 Å². The van der Waals surface area contributed by atoms with Crippen molar-refractivity contribution in [1.82, 2.24) is 0 Å². The second-order valence-electron chi connectivity index (χ2n) is 6.19. The van der Waals surface area contributed by atoms with Crippen molar-refractivity contribution >= 4 is 19.7 Å². The lowest BCUT2D eigenvalue weighted by Crippen LogP contribution is -2.36. The molecule has 7 heteroatoms. The highest BCUT2D eigenvalue weighted by Gasteiger charge is 2.23. The van der Waals surface area contributed by atoms with Gasteiger partial charge in [-0.1, -0.05) is 17.9 Å². The lowest BCUT2D eigenvalue weighted by molar-refractivity contribution is -0.867. The Morgan fingerprint density at radius 1 is 1.23 bits per heavy atom. The van der Waals surface area contributed by atoms with Gasteiger partial charge in [0.05, 0.1) is 27.7 Å². The summed E-state index contributed by atoms with van der Waals surface area (Å²) in [6, 6.07) is 0. The summed E-state index contributed by atoms with van der Waals surface area (Å²) < 4.78 is 17.7. The fourth-order valence-corrected chi connectivity index (χ4v) is 3.09. The Balaban J connectivity index is 4.46. The summed E-state index contributed by atoms with van der Waals surface area (Å²) in [5.74, 6) is -1.81. The van der Waals surface area contributed by atoms with Gasteiger partial charge in [-0.25, -0.2) is 9.59 Å². The minimum atomic E-state index is -1.45. The van der Waals surface area contributed by atoms with E-state index in [-0.39, 0.29) is 18.6 Å². The zero-order chi connectivity index (χ0) is 17.2. The van der Waals surface area contributed by atoms with Gasteiger partial charge in [-0.05, 0) is 6.42 Å². The predicted molar refractivity (Wildman–Crippen MR) is 86.4 cm³/mol. The lowest BCUT2D eigenvalue weighted by Gasteiger charge is -2.21. The molecule has 0 spiro atoms. The Morgan fingerprint density at radius 3 is 2.36 bits per heavy atom. The smallest absolute Gasteiger partial charge is 0.344 e. The van der Waals surface area contributed by atoms with Crippen molar-refractivity contribution in [1.29, 1.82) is 0 Å². The topological polar surface area (TPSA) is 80.7 Å². The number of rotatable bonds is 11. The van der Waals surface area contributed by atoms with Crippen LogP contribution in [-0.4, -0.2) is 68.1 Å². The molecule has 1 unspecified atom stereocenters. The number of esters is 1. The number of aliphatic carboxylic acids is 1. The number of carbonyl (C=O) groups excluding carboxylic acids is 1. The molecule has 0 aromatic carbocycles. The number of ether oxygens (including phenoxy) is 1. The second kappa shape index (κ2) is 10.5. The van der Waals surface area contributed by atoms with Crippen LogP contribution in [0.4, 0.5) is 0 Å². The molecule has 6 nitrogen and oxygen atoms in total. The van der Waals surface area contributed by atoms with Gasteiger partial charge in [-0.2, -0.15) is 0 Å². The Labute approximate surface area is 133 Å². The van der Waals surface area contributed by atoms with Gasteiger partial charge in [0.25, 0.3) is 0 Å². The molecule has 1 atom stereocenters. The minimum Gasteiger partial charge on any atom is -0.478 e. The quantitative estimate of drug-likeness (QED) is 0.206. The van der Waals surface area contributed by atoms with Crippen LogP contribution < -0.4 is 0 Å². The van der Waals surface area contributed by atoms with E-state index in [9.17, 15) is 14.2 Å². The van der Waals surface area contributed by atoms with Crippen molar-refractivity contribution < 1.29 is 28.5 Å². The Bertz CT molecular complexity index is 426. The first kappa shape index (κ1) is 20.7. The van der Waals surface area contributed by atoms with Crippen molar-refractivity contribution in [2.45, 2.75) is 26.2 Å². The SMILES string of the molecule is CCCCOC(=O)/C(=C\C(=O)O)CC[P+](=O)CC[N+](C)(C)C. The van der Waals surface area contributed by atoms with Gasteiger partial charge in [-0.3, -0.25) is 0 Å². The normalized spacial score (nSPS) is 12.9. The molecule has 0 amide bonds. The summed E-state index contributed by atoms with van der Waals surface area (Å²) in [5, 5.41) is 8.82. The fourth-order valence-electron chi connectivity index (χ4n) is 1.55. The van der Waals surface area contributed by atoms with Gasteiger partial charge >= 0.3 is 19.7 Å². The minimum absolute atomic E-state index is 0.0807. The lowest BCUT2D eigenvalue weighted by atomic mass is 10.2. The first-order valence-corrected chi connectivity index (χ1v) is 9.12. The molecule has 126 valence electrons. The van der Waals surface area contributed by atoms with Crippen LogP contribution in [0.3, 0.4) is 0 Å². The van der Waals surface area contributed by atoms with Crippen molar-refractivity contribution in [3.8, 4) is 0 Å². The van der Waals surface area contributed by atoms with Crippen LogP contribution in [0.15, 0.2) is 11.6 Å². The standard InChI is InChI=1S/C15H27NO5P/c1-5-6-9-21-15(19)13(12-14(17)18)7-10-22(20)11-8-16(2,3)4/h12H,5-11H2,1-4H3/q+1/p+1/b13-12-. The van der Waals surface area contributed by atoms with Crippen molar-refractivity contribution in [2.24, 2.45) is 0 Å². The number of unbranched alkanes of at least 4 members (excludes halogenated alkanes) is 1. The average molecular weight is 333 g/mol. The molecule has 0 bridgehead atoms. The molecule has 0 radical (unpaired) electrons. The van der Waals surface area contributed by atoms with Crippen LogP contribution in [0.1, 0.15) is 26.2 Å². The van der Waals surface area contributed by atoms with Crippen molar-refractivity contribution in [2.75, 3.05) is 46.6 Å². The number of quaternary nitrogens is 1. The molecule has 0 rings (SSSR count). The van der Waals surface area contributed by atoms with E-state index in [1.807, 2.05) is 28.1 Å². The van der Waals surface area contributed by atoms with Gasteiger partial charge in [0, 0.05) is 18.1 Å². The molecular formula is C15H28NO5P+2. The van der Waals surface area contributed by atoms with E-state index in [1.54, 1.807) is 0 Å². The molecule has 0 saturated carbocycles. The molecule has 0 aromatic rings. The van der Waals surface area contributed by atoms with E-state index >= 15 is 0 Å². The summed E-state index contributed by atoms with van der Waals surface area (Å²) in [7, 11) is 4.60. The second-order valence-corrected chi connectivity index (χ2v) is 8.05. The van der Waals surface area contributed by atoms with Gasteiger partial charge in [0.2, 0.25) is 0 Å². The summed E-state index contributed by atoms with van der Waals surface area (Å²) >= 11 is 0. The molecular weight excluding hydrogens is 305 g/mol. The van der Waals surface area contributed by atoms with Crippen LogP contribution in [0.5, 0.6) is 0 Å². The maximum Gasteiger partial charge on any atom is 0.344 e. The monoisotopic (exact) mass is 333 g/mol. The molecule has 0 aliphatic carbocycles. The first-order valence-electron chi connectivity index (χ1n) is 7.49. The number of carboxylic acids is 1. The maximum atomic E-state index is 12.0. The predicted octanol–water partition coefficient (Wildman–Crippen LogP) is 2.26. The number of carbonyl (C=O) groups is 2. The Hall–Kier alpha value is -1.26. The third kappa shape index (κ3) is 11.4. The molecule has 0 heterocycles.